The summed E-state index contributed by atoms with van der Waals surface area (Å²) in [5, 5.41) is 23.8. The molecular formula is C45H86Cl3LiN6O17. The van der Waals surface area contributed by atoms with E-state index in [0.29, 0.717) is 0 Å². The fourth-order valence-corrected chi connectivity index (χ4v) is 5.03. The summed E-state index contributed by atoms with van der Waals surface area (Å²) in [6, 6.07) is -3.09. The van der Waals surface area contributed by atoms with Crippen LogP contribution >= 0.6 is 12.4 Å². The summed E-state index contributed by atoms with van der Waals surface area (Å²) in [5.41, 5.74) is 9.20. The maximum Gasteiger partial charge on any atom is 1.00 e. The molecule has 2 aliphatic rings. The van der Waals surface area contributed by atoms with E-state index < -0.39 is 94.3 Å². The molecule has 2 fully saturated rings. The molecule has 2 aliphatic heterocycles. The molecule has 0 aliphatic carbocycles. The van der Waals surface area contributed by atoms with Crippen molar-refractivity contribution in [2.24, 2.45) is 5.73 Å². The standard InChI is InChI=1S/C14H25N3O4.C13H25NO5.C10H17NO4.C5H9NO2.C2H4O2.CH4.3ClH.Li/c1-9(20-13(2,3)4)11(10(18)8-16-15)17-12(19)21-14(5,6)7;1-8(18-12(2,3)4)9(10(15)16)14-11(17)19-13(5,6)7;1-6-8(7(12)5-14-6)11-9(13)15-10(2,3)4;1-3-5(6)4(7)2-8-3;1-2(3)4;;;;;/h8-9,11,15H,1-7H3;8-9H,1-7H3,(H,14,17)(H,15,16);6,8H,5H2,1-4H3,(H,11,13);3,5H,2,6H2,1H3;1H3,(H,3,4);1H4;3*1H;/q;;;;;;;;;+1/p-1/t9-,11-;8-,9-;6-,8-;3-,5-;;;;;;/m0000....../s1. The smallest absolute Gasteiger partial charge is 1.00 e. The number of carboxylic acids is 2. The van der Waals surface area contributed by atoms with E-state index in [1.165, 1.54) is 0 Å². The second-order valence-corrected chi connectivity index (χ2v) is 20.3. The molecule has 0 aromatic rings. The fraction of sp³-hybridized carbons (Fsp3) is 0.800. The molecule has 23 nitrogen and oxygen atoms in total. The Morgan fingerprint density at radius 3 is 1.24 bits per heavy atom. The van der Waals surface area contributed by atoms with E-state index in [1.807, 2.05) is 41.5 Å². The third kappa shape index (κ3) is 46.2. The summed E-state index contributed by atoms with van der Waals surface area (Å²) in [4.78, 5) is 91.7. The zero-order valence-corrected chi connectivity index (χ0v) is 47.6. The molecule has 8 atom stereocenters. The number of hydrogen-bond donors (Lipinski definition) is 7. The van der Waals surface area contributed by atoms with Crippen molar-refractivity contribution < 1.29 is 130 Å². The van der Waals surface area contributed by atoms with Crippen LogP contribution in [-0.4, -0.2) is 159 Å². The molecule has 0 spiro atoms. The van der Waals surface area contributed by atoms with Crippen molar-refractivity contribution in [3.05, 3.63) is 0 Å². The fourth-order valence-electron chi connectivity index (χ4n) is 5.03. The van der Waals surface area contributed by atoms with Gasteiger partial charge >= 0.3 is 49.3 Å². The Morgan fingerprint density at radius 1 is 0.667 bits per heavy atom. The summed E-state index contributed by atoms with van der Waals surface area (Å²) in [7, 11) is 0. The Labute approximate surface area is 457 Å². The maximum atomic E-state index is 12.0. The number of nitrogens with one attached hydrogen (secondary N) is 4. The van der Waals surface area contributed by atoms with Crippen LogP contribution in [0, 0.1) is 5.53 Å². The van der Waals surface area contributed by atoms with Crippen LogP contribution in [0.2, 0.25) is 0 Å². The van der Waals surface area contributed by atoms with Gasteiger partial charge in [0, 0.05) is 6.92 Å². The van der Waals surface area contributed by atoms with Crippen molar-refractivity contribution in [2.75, 3.05) is 13.2 Å². The predicted octanol–water partition coefficient (Wildman–Crippen LogP) is -3.54. The van der Waals surface area contributed by atoms with Gasteiger partial charge in [-0.1, -0.05) is 7.43 Å². The van der Waals surface area contributed by atoms with Crippen LogP contribution < -0.4 is 65.4 Å². The Balaban J connectivity index is -0.000000124. The molecule has 8 N–H and O–H groups in total. The summed E-state index contributed by atoms with van der Waals surface area (Å²) in [6.07, 6.45) is -2.88. The summed E-state index contributed by atoms with van der Waals surface area (Å²) >= 11 is 0. The number of alkyl carbamates (subject to hydrolysis) is 3. The molecule has 0 aromatic heterocycles. The van der Waals surface area contributed by atoms with Crippen LogP contribution in [0.3, 0.4) is 0 Å². The van der Waals surface area contributed by atoms with E-state index in [2.05, 4.69) is 20.7 Å². The molecule has 3 amide bonds. The third-order valence-electron chi connectivity index (χ3n) is 7.47. The minimum absolute atomic E-state index is 0. The number of carbonyl (C=O) groups excluding carboxylic acids is 6. The molecule has 420 valence electrons. The van der Waals surface area contributed by atoms with Gasteiger partial charge in [0.2, 0.25) is 0 Å². The van der Waals surface area contributed by atoms with Gasteiger partial charge in [-0.05, 0) is 132 Å². The van der Waals surface area contributed by atoms with Crippen molar-refractivity contribution in [1.82, 2.24) is 16.0 Å². The molecule has 2 saturated heterocycles. The zero-order chi connectivity index (χ0) is 53.6. The molecule has 0 radical (unpaired) electrons. The Kier molecular flexibility index (Phi) is 45.0. The van der Waals surface area contributed by atoms with E-state index in [0.717, 1.165) is 13.1 Å². The molecule has 72 heavy (non-hydrogen) atoms. The van der Waals surface area contributed by atoms with Gasteiger partial charge in [0.1, 0.15) is 42.1 Å². The van der Waals surface area contributed by atoms with Crippen LogP contribution in [0.4, 0.5) is 14.4 Å². The van der Waals surface area contributed by atoms with Gasteiger partial charge in [-0.25, -0.2) is 19.2 Å². The average Bonchev–Trinajstić information content (AvgIpc) is 3.55. The van der Waals surface area contributed by atoms with Crippen molar-refractivity contribution in [3.8, 4) is 0 Å². The summed E-state index contributed by atoms with van der Waals surface area (Å²) < 4.78 is 36.4. The van der Waals surface area contributed by atoms with Crippen molar-refractivity contribution >= 4 is 66.2 Å². The van der Waals surface area contributed by atoms with Gasteiger partial charge in [0.15, 0.2) is 17.6 Å². The molecular weight excluding hydrogens is 1010 g/mol. The topological polar surface area (TPSA) is 342 Å². The van der Waals surface area contributed by atoms with Gasteiger partial charge in [0.05, 0.1) is 52.0 Å². The number of rotatable bonds is 10. The second-order valence-electron chi connectivity index (χ2n) is 20.3. The normalized spacial score (nSPS) is 18.5. The summed E-state index contributed by atoms with van der Waals surface area (Å²) in [5.74, 6) is -2.62. The van der Waals surface area contributed by atoms with E-state index >= 15 is 0 Å². The van der Waals surface area contributed by atoms with E-state index in [-0.39, 0.29) is 107 Å². The first-order valence-electron chi connectivity index (χ1n) is 21.5. The maximum absolute atomic E-state index is 12.0. The van der Waals surface area contributed by atoms with Crippen molar-refractivity contribution in [2.45, 2.75) is 222 Å². The molecule has 0 aromatic carbocycles. The average molecular weight is 1100 g/mol. The predicted molar refractivity (Wildman–Crippen MR) is 258 cm³/mol. The minimum Gasteiger partial charge on any atom is -1.00 e. The SMILES string of the molecule is C.CC(=O)O.C[C@@H]1OCC(=O)[C@H]1N.C[C@@H]1OCC(=O)[C@H]1NC(=O)OC(C)(C)C.C[C@H](OC(C)(C)C)[C@H](NC(=O)OC(C)(C)C)C(=O)C=[N+]=N.C[C@H](OC(C)(C)C)[C@H](NC(=O)OC(C)(C)C)C(=O)O.Cl.[Cl-].[Cl-].[Li+]. The number of ketones is 3. The molecule has 0 saturated carbocycles. The van der Waals surface area contributed by atoms with Gasteiger partial charge in [-0.3, -0.25) is 19.2 Å². The number of ether oxygens (including phenoxy) is 7. The Morgan fingerprint density at radius 2 is 0.986 bits per heavy atom. The number of nitrogens with two attached hydrogens (primary N) is 1. The number of aliphatic carboxylic acids is 2. The molecule has 2 heterocycles. The zero-order valence-electron chi connectivity index (χ0n) is 45.3. The third-order valence-corrected chi connectivity index (χ3v) is 7.47. The first-order valence-corrected chi connectivity index (χ1v) is 21.5. The number of carboxylic acid groups (broad SMARTS) is 2. The Bertz CT molecular complexity index is 1700. The Hall–Kier alpha value is -3.59. The number of carbonyl (C=O) groups is 8. The number of Topliss-reactive ketones (excluding diaryl/α,β-unsaturated/α-hetero) is 3. The van der Waals surface area contributed by atoms with Crippen molar-refractivity contribution in [1.29, 1.82) is 5.53 Å². The van der Waals surface area contributed by atoms with Crippen LogP contribution in [-0.2, 0) is 57.1 Å². The number of nitrogens with zero attached hydrogens (tertiary/aromatic N) is 1. The quantitative estimate of drug-likeness (QED) is 0.0366. The molecule has 2 rings (SSSR count). The number of amides is 3. The van der Waals surface area contributed by atoms with Gasteiger partial charge in [-0.2, -0.15) is 0 Å². The van der Waals surface area contributed by atoms with E-state index in [4.69, 9.17) is 59.4 Å². The van der Waals surface area contributed by atoms with E-state index in [1.54, 1.807) is 90.0 Å². The van der Waals surface area contributed by atoms with Crippen molar-refractivity contribution in [3.63, 3.8) is 0 Å². The number of hydrogen-bond acceptors (Lipinski definition) is 17. The minimum atomic E-state index is -1.16. The first-order chi connectivity index (χ1) is 29.9. The molecule has 0 bridgehead atoms. The van der Waals surface area contributed by atoms with Gasteiger partial charge < -0.3 is 89.9 Å². The molecule has 0 unspecified atom stereocenters. The largest absolute Gasteiger partial charge is 1.00 e. The van der Waals surface area contributed by atoms with Crippen LogP contribution in [0.1, 0.15) is 146 Å². The number of halogens is 3. The monoisotopic (exact) mass is 1090 g/mol. The van der Waals surface area contributed by atoms with E-state index in [9.17, 15) is 33.6 Å². The van der Waals surface area contributed by atoms with Crippen LogP contribution in [0.5, 0.6) is 0 Å². The summed E-state index contributed by atoms with van der Waals surface area (Å²) in [6.45, 7) is 34.7. The second kappa shape index (κ2) is 38.0. The van der Waals surface area contributed by atoms with Crippen LogP contribution in [0.25, 0.3) is 0 Å². The molecule has 27 heteroatoms. The van der Waals surface area contributed by atoms with Gasteiger partial charge in [-0.15, -0.1) is 12.4 Å². The van der Waals surface area contributed by atoms with Crippen LogP contribution in [0.15, 0.2) is 0 Å². The first kappa shape index (κ1) is 85.2. The van der Waals surface area contributed by atoms with Gasteiger partial charge in [0.25, 0.3) is 11.8 Å².